The molecular formula is C10H11BrFNO2S. The second-order valence-electron chi connectivity index (χ2n) is 2.90. The zero-order valence-electron chi connectivity index (χ0n) is 8.63. The predicted octanol–water partition coefficient (Wildman–Crippen LogP) is 2.83. The standard InChI is InChI=1S/C10H11BrFNO2S/c1-2-15-10(14)5-16-9-4-7(12)6(11)3-8(9)13/h3-4H,2,5,13H2,1H3. The van der Waals surface area contributed by atoms with Gasteiger partial charge in [-0.25, -0.2) is 4.39 Å². The van der Waals surface area contributed by atoms with Crippen molar-refractivity contribution in [2.75, 3.05) is 18.1 Å². The van der Waals surface area contributed by atoms with Crippen molar-refractivity contribution in [1.82, 2.24) is 0 Å². The Morgan fingerprint density at radius 3 is 2.94 bits per heavy atom. The number of hydrogen-bond donors (Lipinski definition) is 1. The molecule has 16 heavy (non-hydrogen) atoms. The van der Waals surface area contributed by atoms with Gasteiger partial charge in [-0.05, 0) is 35.0 Å². The predicted molar refractivity (Wildman–Crippen MR) is 65.9 cm³/mol. The third kappa shape index (κ3) is 3.68. The highest BCUT2D eigenvalue weighted by Gasteiger charge is 2.09. The minimum Gasteiger partial charge on any atom is -0.465 e. The molecule has 0 aliphatic rings. The highest BCUT2D eigenvalue weighted by molar-refractivity contribution is 9.10. The van der Waals surface area contributed by atoms with E-state index in [0.717, 1.165) is 11.8 Å². The van der Waals surface area contributed by atoms with Crippen molar-refractivity contribution in [3.05, 3.63) is 22.4 Å². The largest absolute Gasteiger partial charge is 0.465 e. The van der Waals surface area contributed by atoms with E-state index in [-0.39, 0.29) is 11.7 Å². The molecule has 1 aromatic rings. The van der Waals surface area contributed by atoms with E-state index in [4.69, 9.17) is 10.5 Å². The van der Waals surface area contributed by atoms with Gasteiger partial charge in [0.15, 0.2) is 0 Å². The fourth-order valence-electron chi connectivity index (χ4n) is 1.01. The number of benzene rings is 1. The van der Waals surface area contributed by atoms with E-state index in [2.05, 4.69) is 15.9 Å². The third-order valence-corrected chi connectivity index (χ3v) is 3.36. The minimum absolute atomic E-state index is 0.124. The molecule has 1 rings (SSSR count). The number of rotatable bonds is 4. The van der Waals surface area contributed by atoms with Crippen LogP contribution in [0.15, 0.2) is 21.5 Å². The van der Waals surface area contributed by atoms with Crippen LogP contribution in [0.2, 0.25) is 0 Å². The molecule has 0 saturated carbocycles. The number of nitrogens with two attached hydrogens (primary N) is 1. The lowest BCUT2D eigenvalue weighted by atomic mass is 10.3. The number of halogens is 2. The number of esters is 1. The molecule has 0 spiro atoms. The van der Waals surface area contributed by atoms with Crippen molar-refractivity contribution in [2.24, 2.45) is 0 Å². The molecule has 0 aromatic heterocycles. The Balaban J connectivity index is 2.67. The smallest absolute Gasteiger partial charge is 0.316 e. The molecule has 0 atom stereocenters. The number of anilines is 1. The lowest BCUT2D eigenvalue weighted by Crippen LogP contribution is -2.06. The minimum atomic E-state index is -0.402. The van der Waals surface area contributed by atoms with E-state index >= 15 is 0 Å². The number of carbonyl (C=O) groups is 1. The van der Waals surface area contributed by atoms with Gasteiger partial charge in [-0.15, -0.1) is 11.8 Å². The summed E-state index contributed by atoms with van der Waals surface area (Å²) in [6.07, 6.45) is 0. The lowest BCUT2D eigenvalue weighted by Gasteiger charge is -2.06. The van der Waals surface area contributed by atoms with Gasteiger partial charge in [0, 0.05) is 10.6 Å². The zero-order valence-corrected chi connectivity index (χ0v) is 11.0. The summed E-state index contributed by atoms with van der Waals surface area (Å²) in [6.45, 7) is 2.07. The number of thioether (sulfide) groups is 1. The van der Waals surface area contributed by atoms with Crippen molar-refractivity contribution < 1.29 is 13.9 Å². The van der Waals surface area contributed by atoms with Crippen molar-refractivity contribution in [3.8, 4) is 0 Å². The summed E-state index contributed by atoms with van der Waals surface area (Å²) < 4.78 is 18.3. The Hall–Kier alpha value is -0.750. The molecule has 3 nitrogen and oxygen atoms in total. The van der Waals surface area contributed by atoms with Crippen LogP contribution < -0.4 is 5.73 Å². The summed E-state index contributed by atoms with van der Waals surface area (Å²) in [5.74, 6) is -0.616. The summed E-state index contributed by atoms with van der Waals surface area (Å²) in [5, 5.41) is 0. The Kier molecular flexibility index (Phi) is 5.08. The number of carbonyl (C=O) groups excluding carboxylic acids is 1. The molecule has 6 heteroatoms. The van der Waals surface area contributed by atoms with Crippen LogP contribution in [-0.2, 0) is 9.53 Å². The first-order valence-electron chi connectivity index (χ1n) is 4.57. The summed E-state index contributed by atoms with van der Waals surface area (Å²) >= 11 is 4.19. The van der Waals surface area contributed by atoms with Crippen LogP contribution in [0.3, 0.4) is 0 Å². The van der Waals surface area contributed by atoms with E-state index in [0.29, 0.717) is 21.7 Å². The highest BCUT2D eigenvalue weighted by Crippen LogP contribution is 2.30. The van der Waals surface area contributed by atoms with Gasteiger partial charge in [0.2, 0.25) is 0 Å². The quantitative estimate of drug-likeness (QED) is 0.528. The van der Waals surface area contributed by atoms with Gasteiger partial charge in [0.25, 0.3) is 0 Å². The second-order valence-corrected chi connectivity index (χ2v) is 4.77. The van der Waals surface area contributed by atoms with Gasteiger partial charge in [-0.1, -0.05) is 0 Å². The molecule has 0 aliphatic carbocycles. The maximum absolute atomic E-state index is 13.2. The van der Waals surface area contributed by atoms with Gasteiger partial charge in [-0.3, -0.25) is 4.79 Å². The summed E-state index contributed by atoms with van der Waals surface area (Å²) in [5.41, 5.74) is 6.11. The van der Waals surface area contributed by atoms with Crippen molar-refractivity contribution in [1.29, 1.82) is 0 Å². The Morgan fingerprint density at radius 1 is 1.62 bits per heavy atom. The average molecular weight is 308 g/mol. The fraction of sp³-hybridized carbons (Fsp3) is 0.300. The Morgan fingerprint density at radius 2 is 2.31 bits per heavy atom. The van der Waals surface area contributed by atoms with Crippen LogP contribution in [0.4, 0.5) is 10.1 Å². The number of hydrogen-bond acceptors (Lipinski definition) is 4. The molecule has 2 N–H and O–H groups in total. The first kappa shape index (κ1) is 13.3. The topological polar surface area (TPSA) is 52.3 Å². The number of ether oxygens (including phenoxy) is 1. The van der Waals surface area contributed by atoms with Crippen molar-refractivity contribution in [2.45, 2.75) is 11.8 Å². The van der Waals surface area contributed by atoms with Gasteiger partial charge >= 0.3 is 5.97 Å². The highest BCUT2D eigenvalue weighted by atomic mass is 79.9. The van der Waals surface area contributed by atoms with E-state index in [1.165, 1.54) is 12.1 Å². The molecule has 0 fully saturated rings. The second kappa shape index (κ2) is 6.10. The van der Waals surface area contributed by atoms with E-state index in [1.807, 2.05) is 0 Å². The van der Waals surface area contributed by atoms with Gasteiger partial charge in [0.05, 0.1) is 16.8 Å². The van der Waals surface area contributed by atoms with Gasteiger partial charge < -0.3 is 10.5 Å². The van der Waals surface area contributed by atoms with E-state index < -0.39 is 5.82 Å². The zero-order chi connectivity index (χ0) is 12.1. The molecule has 0 saturated heterocycles. The molecule has 0 heterocycles. The third-order valence-electron chi connectivity index (χ3n) is 1.70. The summed E-state index contributed by atoms with van der Waals surface area (Å²) in [6, 6.07) is 2.77. The average Bonchev–Trinajstić information content (AvgIpc) is 2.22. The molecule has 0 aliphatic heterocycles. The lowest BCUT2D eigenvalue weighted by molar-refractivity contribution is -0.139. The van der Waals surface area contributed by atoms with E-state index in [1.54, 1.807) is 6.92 Å². The van der Waals surface area contributed by atoms with E-state index in [9.17, 15) is 9.18 Å². The molecular weight excluding hydrogens is 297 g/mol. The molecule has 88 valence electrons. The van der Waals surface area contributed by atoms with Crippen molar-refractivity contribution in [3.63, 3.8) is 0 Å². The Labute approximate surface area is 106 Å². The van der Waals surface area contributed by atoms with Crippen LogP contribution in [-0.4, -0.2) is 18.3 Å². The molecule has 0 unspecified atom stereocenters. The maximum Gasteiger partial charge on any atom is 0.316 e. The van der Waals surface area contributed by atoms with Crippen LogP contribution in [0, 0.1) is 5.82 Å². The normalized spacial score (nSPS) is 10.2. The van der Waals surface area contributed by atoms with Crippen LogP contribution >= 0.6 is 27.7 Å². The number of nitrogen functional groups attached to an aromatic ring is 1. The summed E-state index contributed by atoms with van der Waals surface area (Å²) in [7, 11) is 0. The molecule has 1 aromatic carbocycles. The Bertz CT molecular complexity index is 401. The first-order valence-corrected chi connectivity index (χ1v) is 6.35. The van der Waals surface area contributed by atoms with Gasteiger partial charge in [0.1, 0.15) is 5.82 Å². The van der Waals surface area contributed by atoms with Crippen LogP contribution in [0.5, 0.6) is 0 Å². The molecule has 0 radical (unpaired) electrons. The fourth-order valence-corrected chi connectivity index (χ4v) is 2.14. The van der Waals surface area contributed by atoms with Gasteiger partial charge in [-0.2, -0.15) is 0 Å². The monoisotopic (exact) mass is 307 g/mol. The van der Waals surface area contributed by atoms with Crippen molar-refractivity contribution >= 4 is 39.3 Å². The molecule has 0 bridgehead atoms. The SMILES string of the molecule is CCOC(=O)CSc1cc(F)c(Br)cc1N. The first-order chi connectivity index (χ1) is 7.54. The summed E-state index contributed by atoms with van der Waals surface area (Å²) in [4.78, 5) is 11.6. The van der Waals surface area contributed by atoms with Crippen LogP contribution in [0.1, 0.15) is 6.92 Å². The molecule has 0 amide bonds. The van der Waals surface area contributed by atoms with Crippen LogP contribution in [0.25, 0.3) is 0 Å². The maximum atomic E-state index is 13.2.